The van der Waals surface area contributed by atoms with Crippen molar-refractivity contribution in [2.75, 3.05) is 33.8 Å². The summed E-state index contributed by atoms with van der Waals surface area (Å²) in [6.07, 6.45) is 0.115. The Labute approximate surface area is 246 Å². The van der Waals surface area contributed by atoms with E-state index in [9.17, 15) is 9.59 Å². The molecule has 1 atom stereocenters. The number of carbonyl (C=O) groups excluding carboxylic acids is 2. The molecule has 0 heterocycles. The van der Waals surface area contributed by atoms with E-state index in [4.69, 9.17) is 18.9 Å². The molecule has 42 heavy (non-hydrogen) atoms. The van der Waals surface area contributed by atoms with Crippen LogP contribution >= 0.6 is 0 Å². The molecule has 1 N–H and O–H groups in total. The Kier molecular flexibility index (Phi) is 10.1. The van der Waals surface area contributed by atoms with Gasteiger partial charge in [-0.15, -0.1) is 0 Å². The van der Waals surface area contributed by atoms with Gasteiger partial charge in [-0.25, -0.2) is 0 Å². The topological polar surface area (TPSA) is 86.3 Å². The Balaban J connectivity index is 1.84. The predicted octanol–water partition coefficient (Wildman–Crippen LogP) is 5.98. The van der Waals surface area contributed by atoms with E-state index in [0.717, 1.165) is 16.7 Å². The largest absolute Gasteiger partial charge is 0.497 e. The molecule has 8 nitrogen and oxygen atoms in total. The van der Waals surface area contributed by atoms with Gasteiger partial charge in [0.05, 0.1) is 34.9 Å². The molecule has 0 aliphatic heterocycles. The zero-order valence-corrected chi connectivity index (χ0v) is 24.5. The molecule has 4 aromatic rings. The molecule has 0 bridgehead atoms. The summed E-state index contributed by atoms with van der Waals surface area (Å²) in [4.78, 5) is 29.9. The fourth-order valence-corrected chi connectivity index (χ4v) is 4.70. The number of ether oxygens (including phenoxy) is 4. The molecule has 8 heteroatoms. The number of nitrogens with zero attached hydrogens (tertiary/aromatic N) is 1. The van der Waals surface area contributed by atoms with Crippen LogP contribution in [0.25, 0.3) is 0 Å². The first-order chi connectivity index (χ1) is 20.4. The minimum atomic E-state index is -1.04. The number of aryl methyl sites for hydroxylation is 1. The van der Waals surface area contributed by atoms with Gasteiger partial charge in [-0.05, 0) is 60.0 Å². The van der Waals surface area contributed by atoms with Gasteiger partial charge in [0.1, 0.15) is 11.8 Å². The first-order valence-corrected chi connectivity index (χ1v) is 13.5. The second-order valence-electron chi connectivity index (χ2n) is 9.75. The standard InChI is InChI=1S/C34H36N2O6/c1-23-11-13-25(14-12-23)22-36(31(37)19-24-9-7-6-8-10-24)32(34(38)35-27-15-17-28(39-2)18-16-27)26-20-29(40-3)33(42-5)30(21-26)41-4/h6-18,20-21,32H,19,22H2,1-5H3,(H,35,38). The van der Waals surface area contributed by atoms with Crippen molar-refractivity contribution in [2.45, 2.75) is 25.9 Å². The third kappa shape index (κ3) is 7.20. The highest BCUT2D eigenvalue weighted by molar-refractivity contribution is 5.98. The molecule has 0 saturated carbocycles. The molecule has 4 rings (SSSR count). The molecule has 4 aromatic carbocycles. The maximum absolute atomic E-state index is 14.2. The van der Waals surface area contributed by atoms with Crippen LogP contribution in [0.3, 0.4) is 0 Å². The number of carbonyl (C=O) groups is 2. The van der Waals surface area contributed by atoms with E-state index in [-0.39, 0.29) is 18.9 Å². The van der Waals surface area contributed by atoms with Crippen molar-refractivity contribution in [3.8, 4) is 23.0 Å². The Bertz CT molecular complexity index is 1460. The number of nitrogens with one attached hydrogen (secondary N) is 1. The molecule has 1 unspecified atom stereocenters. The van der Waals surface area contributed by atoms with Crippen LogP contribution in [0, 0.1) is 6.92 Å². The maximum Gasteiger partial charge on any atom is 0.251 e. The Morgan fingerprint density at radius 1 is 0.738 bits per heavy atom. The van der Waals surface area contributed by atoms with Gasteiger partial charge >= 0.3 is 0 Å². The summed E-state index contributed by atoms with van der Waals surface area (Å²) in [6, 6.07) is 26.8. The van der Waals surface area contributed by atoms with Crippen molar-refractivity contribution < 1.29 is 28.5 Å². The molecule has 0 spiro atoms. The van der Waals surface area contributed by atoms with E-state index in [1.165, 1.54) is 21.3 Å². The van der Waals surface area contributed by atoms with E-state index < -0.39 is 11.9 Å². The van der Waals surface area contributed by atoms with Gasteiger partial charge in [-0.3, -0.25) is 9.59 Å². The predicted molar refractivity (Wildman–Crippen MR) is 162 cm³/mol. The highest BCUT2D eigenvalue weighted by Gasteiger charge is 2.33. The van der Waals surface area contributed by atoms with Crippen LogP contribution in [0.15, 0.2) is 91.0 Å². The smallest absolute Gasteiger partial charge is 0.251 e. The van der Waals surface area contributed by atoms with Crippen molar-refractivity contribution in [1.82, 2.24) is 4.90 Å². The van der Waals surface area contributed by atoms with Crippen LogP contribution in [0.2, 0.25) is 0 Å². The molecule has 0 aliphatic rings. The molecule has 0 aliphatic carbocycles. The van der Waals surface area contributed by atoms with Gasteiger partial charge in [0.15, 0.2) is 11.5 Å². The average Bonchev–Trinajstić information content (AvgIpc) is 3.01. The Morgan fingerprint density at radius 3 is 1.90 bits per heavy atom. The van der Waals surface area contributed by atoms with E-state index in [2.05, 4.69) is 5.32 Å². The quantitative estimate of drug-likeness (QED) is 0.226. The van der Waals surface area contributed by atoms with Crippen LogP contribution in [0.5, 0.6) is 23.0 Å². The lowest BCUT2D eigenvalue weighted by molar-refractivity contribution is -0.139. The lowest BCUT2D eigenvalue weighted by Crippen LogP contribution is -2.41. The van der Waals surface area contributed by atoms with Gasteiger partial charge < -0.3 is 29.2 Å². The molecule has 2 amide bonds. The second-order valence-corrected chi connectivity index (χ2v) is 9.75. The van der Waals surface area contributed by atoms with Gasteiger partial charge in [-0.1, -0.05) is 60.2 Å². The van der Waals surface area contributed by atoms with E-state index in [1.54, 1.807) is 48.4 Å². The molecular weight excluding hydrogens is 532 g/mol. The number of hydrogen-bond acceptors (Lipinski definition) is 6. The molecule has 0 radical (unpaired) electrons. The summed E-state index contributed by atoms with van der Waals surface area (Å²) in [6.45, 7) is 2.20. The van der Waals surface area contributed by atoms with Crippen LogP contribution in [0.1, 0.15) is 28.3 Å². The summed E-state index contributed by atoms with van der Waals surface area (Å²) in [7, 11) is 6.12. The number of methoxy groups -OCH3 is 4. The fourth-order valence-electron chi connectivity index (χ4n) is 4.70. The number of rotatable bonds is 12. The minimum absolute atomic E-state index is 0.115. The SMILES string of the molecule is COc1ccc(NC(=O)C(c2cc(OC)c(OC)c(OC)c2)N(Cc2ccc(C)cc2)C(=O)Cc2ccccc2)cc1. The first-order valence-electron chi connectivity index (χ1n) is 13.5. The lowest BCUT2D eigenvalue weighted by Gasteiger charge is -2.32. The average molecular weight is 569 g/mol. The normalized spacial score (nSPS) is 11.3. The zero-order chi connectivity index (χ0) is 30.1. The molecule has 0 saturated heterocycles. The van der Waals surface area contributed by atoms with Gasteiger partial charge in [0.25, 0.3) is 5.91 Å². The van der Waals surface area contributed by atoms with Crippen molar-refractivity contribution in [3.63, 3.8) is 0 Å². The summed E-state index contributed by atoms with van der Waals surface area (Å²) in [5.41, 5.74) is 3.89. The fraction of sp³-hybridized carbons (Fsp3) is 0.235. The number of amides is 2. The first kappa shape index (κ1) is 30.0. The summed E-state index contributed by atoms with van der Waals surface area (Å²) in [5, 5.41) is 2.99. The summed E-state index contributed by atoms with van der Waals surface area (Å²) >= 11 is 0. The number of anilines is 1. The Hall–Kier alpha value is -4.98. The maximum atomic E-state index is 14.2. The highest BCUT2D eigenvalue weighted by Crippen LogP contribution is 2.41. The Morgan fingerprint density at radius 2 is 1.36 bits per heavy atom. The van der Waals surface area contributed by atoms with Gasteiger partial charge in [0.2, 0.25) is 11.7 Å². The summed E-state index contributed by atoms with van der Waals surface area (Å²) < 4.78 is 22.0. The molecule has 0 aromatic heterocycles. The monoisotopic (exact) mass is 568 g/mol. The van der Waals surface area contributed by atoms with Gasteiger partial charge in [-0.2, -0.15) is 0 Å². The highest BCUT2D eigenvalue weighted by atomic mass is 16.5. The third-order valence-corrected chi connectivity index (χ3v) is 6.91. The van der Waals surface area contributed by atoms with Crippen molar-refractivity contribution in [2.24, 2.45) is 0 Å². The summed E-state index contributed by atoms with van der Waals surface area (Å²) in [5.74, 6) is 1.18. The lowest BCUT2D eigenvalue weighted by atomic mass is 10.00. The number of benzene rings is 4. The van der Waals surface area contributed by atoms with Crippen LogP contribution in [0.4, 0.5) is 5.69 Å². The second kappa shape index (κ2) is 14.1. The van der Waals surface area contributed by atoms with Gasteiger partial charge in [0, 0.05) is 12.2 Å². The van der Waals surface area contributed by atoms with E-state index >= 15 is 0 Å². The van der Waals surface area contributed by atoms with E-state index in [0.29, 0.717) is 34.2 Å². The van der Waals surface area contributed by atoms with Crippen molar-refractivity contribution in [1.29, 1.82) is 0 Å². The van der Waals surface area contributed by atoms with Crippen LogP contribution < -0.4 is 24.3 Å². The van der Waals surface area contributed by atoms with Crippen molar-refractivity contribution in [3.05, 3.63) is 113 Å². The van der Waals surface area contributed by atoms with E-state index in [1.807, 2.05) is 61.5 Å². The van der Waals surface area contributed by atoms with Crippen LogP contribution in [-0.2, 0) is 22.6 Å². The van der Waals surface area contributed by atoms with Crippen molar-refractivity contribution >= 4 is 17.5 Å². The molecule has 218 valence electrons. The molecular formula is C34H36N2O6. The minimum Gasteiger partial charge on any atom is -0.497 e. The zero-order valence-electron chi connectivity index (χ0n) is 24.5. The third-order valence-electron chi connectivity index (χ3n) is 6.91. The number of hydrogen-bond donors (Lipinski definition) is 1. The molecule has 0 fully saturated rings. The van der Waals surface area contributed by atoms with Crippen LogP contribution in [-0.4, -0.2) is 45.2 Å².